The first kappa shape index (κ1) is 39.4. The minimum absolute atomic E-state index is 0. The van der Waals surface area contributed by atoms with Crippen LogP contribution in [0.5, 0.6) is 0 Å². The molecule has 0 aliphatic heterocycles. The molecule has 0 aliphatic rings. The second kappa shape index (κ2) is 18.1. The van der Waals surface area contributed by atoms with Crippen molar-refractivity contribution in [3.8, 4) is 0 Å². The van der Waals surface area contributed by atoms with Crippen molar-refractivity contribution in [3.05, 3.63) is 0 Å². The Kier molecular flexibility index (Phi) is 33.9. The predicted octanol–water partition coefficient (Wildman–Crippen LogP) is -12.4. The number of hydrogen-bond acceptors (Lipinski definition) is 8. The maximum absolute atomic E-state index is 9.44. The molecule has 0 aromatic heterocycles. The van der Waals surface area contributed by atoms with E-state index in [0.29, 0.717) is 0 Å². The number of hydrogen-bond donors (Lipinski definition) is 6. The molecule has 112 valence electrons. The molecular formula is CH6KNa2O14P3. The van der Waals surface area contributed by atoms with Gasteiger partial charge in [-0.2, -0.15) is 0 Å². The average Bonchev–Trinajstić information content (AvgIpc) is 1.67. The predicted molar refractivity (Wildman–Crippen MR) is 43.4 cm³/mol. The zero-order valence-corrected chi connectivity index (χ0v) is 20.6. The van der Waals surface area contributed by atoms with Crippen molar-refractivity contribution < 1.29 is 178 Å². The van der Waals surface area contributed by atoms with E-state index in [2.05, 4.69) is 4.31 Å². The Hall–Kier alpha value is 3.28. The van der Waals surface area contributed by atoms with Crippen LogP contribution in [0.3, 0.4) is 0 Å². The van der Waals surface area contributed by atoms with Gasteiger partial charge in [0.25, 0.3) is 7.82 Å². The van der Waals surface area contributed by atoms with Gasteiger partial charge >= 0.3 is 124 Å². The molecule has 0 aromatic carbocycles. The molecular weight excluding hydrogens is 414 g/mol. The van der Waals surface area contributed by atoms with Crippen LogP contribution < -0.4 is 125 Å². The van der Waals surface area contributed by atoms with Crippen LogP contribution in [0.25, 0.3) is 0 Å². The van der Waals surface area contributed by atoms with Crippen LogP contribution in [0.1, 0.15) is 0 Å². The summed E-state index contributed by atoms with van der Waals surface area (Å²) in [5.74, 6) is 0. The van der Waals surface area contributed by atoms with Crippen molar-refractivity contribution in [1.29, 1.82) is 0 Å². The van der Waals surface area contributed by atoms with E-state index in [9.17, 15) is 23.8 Å². The van der Waals surface area contributed by atoms with Gasteiger partial charge in [-0.05, 0) is 0 Å². The number of carbonyl (C=O) groups is 1. The van der Waals surface area contributed by atoms with Crippen molar-refractivity contribution in [1.82, 2.24) is 0 Å². The smallest absolute Gasteiger partial charge is 0.790 e. The third-order valence-electron chi connectivity index (χ3n) is 0.203. The molecule has 20 heteroatoms. The quantitative estimate of drug-likeness (QED) is 0.179. The number of carboxylic acid groups (broad SMARTS) is 2. The normalized spacial score (nSPS) is 12.1. The molecule has 1 atom stereocenters. The van der Waals surface area contributed by atoms with E-state index in [1.807, 2.05) is 0 Å². The van der Waals surface area contributed by atoms with Gasteiger partial charge < -0.3 is 49.0 Å². The molecule has 0 bridgehead atoms. The molecule has 21 heavy (non-hydrogen) atoms. The first-order valence-electron chi connectivity index (χ1n) is 2.91. The average molecular weight is 420 g/mol. The Balaban J connectivity index is -0.0000000410. The van der Waals surface area contributed by atoms with Crippen LogP contribution in [-0.2, 0) is 18.0 Å². The zero-order chi connectivity index (χ0) is 15.8. The third-order valence-corrected chi connectivity index (χ3v) is 1.83. The molecule has 0 heterocycles. The van der Waals surface area contributed by atoms with E-state index < -0.39 is 29.6 Å². The Bertz CT molecular complexity index is 345. The van der Waals surface area contributed by atoms with Gasteiger partial charge in [-0.1, -0.05) is 0 Å². The van der Waals surface area contributed by atoms with Crippen molar-refractivity contribution in [2.45, 2.75) is 0 Å². The van der Waals surface area contributed by atoms with Crippen molar-refractivity contribution in [3.63, 3.8) is 0 Å². The summed E-state index contributed by atoms with van der Waals surface area (Å²) in [6.45, 7) is 0. The SMILES string of the molecule is O=C(O)O.O=P(O)(O)O.O=P([O-])([O-])OP(=O)([O-])O.[K+].[Na+].[Na+]. The Morgan fingerprint density at radius 3 is 1.00 bits per heavy atom. The first-order chi connectivity index (χ1) is 7.44. The summed E-state index contributed by atoms with van der Waals surface area (Å²) in [5, 5.41) is 13.9. The molecule has 0 saturated carbocycles. The molecule has 14 nitrogen and oxygen atoms in total. The fourth-order valence-electron chi connectivity index (χ4n) is 0.126. The third kappa shape index (κ3) is 122. The van der Waals surface area contributed by atoms with E-state index in [1.54, 1.807) is 0 Å². The summed E-state index contributed by atoms with van der Waals surface area (Å²) in [6, 6.07) is 0. The zero-order valence-electron chi connectivity index (χ0n) is 10.8. The van der Waals surface area contributed by atoms with E-state index in [4.69, 9.17) is 39.1 Å². The molecule has 0 aromatic rings. The summed E-state index contributed by atoms with van der Waals surface area (Å²) in [4.78, 5) is 65.8. The maximum atomic E-state index is 9.44. The number of rotatable bonds is 2. The summed E-state index contributed by atoms with van der Waals surface area (Å²) < 4.78 is 30.3. The molecule has 0 fully saturated rings. The second-order valence-electron chi connectivity index (χ2n) is 1.79. The molecule has 0 saturated heterocycles. The summed E-state index contributed by atoms with van der Waals surface area (Å²) in [7, 11) is -15.7. The summed E-state index contributed by atoms with van der Waals surface area (Å²) >= 11 is 0. The van der Waals surface area contributed by atoms with E-state index in [1.165, 1.54) is 0 Å². The Morgan fingerprint density at radius 2 is 1.00 bits per heavy atom. The molecule has 0 radical (unpaired) electrons. The van der Waals surface area contributed by atoms with Gasteiger partial charge in [0.1, 0.15) is 0 Å². The van der Waals surface area contributed by atoms with Crippen LogP contribution in [-0.4, -0.2) is 35.9 Å². The van der Waals surface area contributed by atoms with Crippen LogP contribution in [0.15, 0.2) is 0 Å². The van der Waals surface area contributed by atoms with Crippen molar-refractivity contribution in [2.75, 3.05) is 0 Å². The molecule has 6 N–H and O–H groups in total. The van der Waals surface area contributed by atoms with Gasteiger partial charge in [0.05, 0.1) is 7.82 Å². The van der Waals surface area contributed by atoms with Gasteiger partial charge in [-0.15, -0.1) is 0 Å². The monoisotopic (exact) mass is 420 g/mol. The largest absolute Gasteiger partial charge is 1.00 e. The molecule has 0 amide bonds. The van der Waals surface area contributed by atoms with Crippen LogP contribution in [0.4, 0.5) is 4.79 Å². The van der Waals surface area contributed by atoms with Gasteiger partial charge in [0.15, 0.2) is 0 Å². The Labute approximate surface area is 204 Å². The minimum atomic E-state index is -5.61. The van der Waals surface area contributed by atoms with E-state index in [-0.39, 0.29) is 110 Å². The standard InChI is InChI=1S/CH2O3.K.2Na.H4O7P2.H3O4P/c2-1(3)4;;;;1-8(2,3)7-9(4,5)6;1-5(2,3)4/h(H2,2,3,4);;;;(H2,1,2,3)(H2,4,5,6);(H3,1,2,3,4)/q;3*+1;;/p-3. The van der Waals surface area contributed by atoms with Crippen LogP contribution >= 0.6 is 23.5 Å². The molecule has 0 aliphatic carbocycles. The number of phosphoric acid groups is 3. The van der Waals surface area contributed by atoms with Crippen molar-refractivity contribution >= 4 is 29.6 Å². The van der Waals surface area contributed by atoms with Gasteiger partial charge in [0.2, 0.25) is 0 Å². The van der Waals surface area contributed by atoms with E-state index >= 15 is 0 Å². The van der Waals surface area contributed by atoms with Crippen LogP contribution in [0.2, 0.25) is 0 Å². The molecule has 1 unspecified atom stereocenters. The second-order valence-corrected chi connectivity index (χ2v) is 5.30. The Morgan fingerprint density at radius 1 is 0.857 bits per heavy atom. The molecule has 0 spiro atoms. The first-order valence-corrected chi connectivity index (χ1v) is 7.43. The van der Waals surface area contributed by atoms with Crippen LogP contribution in [0, 0.1) is 0 Å². The fraction of sp³-hybridized carbons (Fsp3) is 0. The van der Waals surface area contributed by atoms with E-state index in [0.717, 1.165) is 0 Å². The summed E-state index contributed by atoms with van der Waals surface area (Å²) in [5.41, 5.74) is 0. The van der Waals surface area contributed by atoms with Crippen molar-refractivity contribution in [2.24, 2.45) is 0 Å². The van der Waals surface area contributed by atoms with Gasteiger partial charge in [0, 0.05) is 0 Å². The molecule has 0 rings (SSSR count). The fourth-order valence-corrected chi connectivity index (χ4v) is 1.14. The van der Waals surface area contributed by atoms with Gasteiger partial charge in [-0.25, -0.2) is 9.36 Å². The minimum Gasteiger partial charge on any atom is -0.790 e. The topological polar surface area (TPSA) is 268 Å². The van der Waals surface area contributed by atoms with Gasteiger partial charge in [-0.3, -0.25) is 8.88 Å². The maximum Gasteiger partial charge on any atom is 1.00 e. The summed E-state index contributed by atoms with van der Waals surface area (Å²) in [6.07, 6.45) is -1.83.